The van der Waals surface area contributed by atoms with Crippen molar-refractivity contribution in [1.29, 1.82) is 0 Å². The van der Waals surface area contributed by atoms with Gasteiger partial charge < -0.3 is 10.6 Å². The molecule has 0 unspecified atom stereocenters. The van der Waals surface area contributed by atoms with Gasteiger partial charge in [0, 0.05) is 5.69 Å². The minimum absolute atomic E-state index is 0.0437. The molecule has 0 bridgehead atoms. The van der Waals surface area contributed by atoms with Crippen LogP contribution in [-0.2, 0) is 16.0 Å². The van der Waals surface area contributed by atoms with Crippen LogP contribution in [0.2, 0.25) is 0 Å². The number of fused-ring (bicyclic) bond motifs is 1. The van der Waals surface area contributed by atoms with E-state index < -0.39 is 0 Å². The maximum Gasteiger partial charge on any atom is 0.243 e. The molecule has 3 aromatic rings. The van der Waals surface area contributed by atoms with E-state index in [1.54, 1.807) is 0 Å². The lowest BCUT2D eigenvalue weighted by molar-refractivity contribution is -0.123. The summed E-state index contributed by atoms with van der Waals surface area (Å²) in [5.74, 6) is -0.406. The number of benzene rings is 3. The largest absolute Gasteiger partial charge is 0.347 e. The smallest absolute Gasteiger partial charge is 0.243 e. The van der Waals surface area contributed by atoms with Crippen LogP contribution in [0.5, 0.6) is 0 Å². The molecule has 2 amide bonds. The number of hydrogen-bond donors (Lipinski definition) is 2. The first-order valence-electron chi connectivity index (χ1n) is 8.22. The SMILES string of the molecule is Cc1ccccc1NC(=O)CNC(=O)Cc1cccc2ccccc12. The second-order valence-corrected chi connectivity index (χ2v) is 5.95. The van der Waals surface area contributed by atoms with Crippen LogP contribution < -0.4 is 10.6 Å². The Hall–Kier alpha value is -3.14. The van der Waals surface area contributed by atoms with E-state index in [1.807, 2.05) is 73.7 Å². The number of rotatable bonds is 5. The molecule has 2 N–H and O–H groups in total. The Bertz CT molecular complexity index is 913. The van der Waals surface area contributed by atoms with E-state index in [0.29, 0.717) is 0 Å². The molecule has 126 valence electrons. The third kappa shape index (κ3) is 4.23. The van der Waals surface area contributed by atoms with Crippen molar-refractivity contribution in [3.05, 3.63) is 77.9 Å². The molecule has 0 aliphatic rings. The monoisotopic (exact) mass is 332 g/mol. The summed E-state index contributed by atoms with van der Waals surface area (Å²) in [6, 6.07) is 21.4. The lowest BCUT2D eigenvalue weighted by atomic mass is 10.0. The Labute approximate surface area is 146 Å². The van der Waals surface area contributed by atoms with Gasteiger partial charge in [-0.05, 0) is 34.9 Å². The van der Waals surface area contributed by atoms with Crippen molar-refractivity contribution in [3.63, 3.8) is 0 Å². The molecular formula is C21H20N2O2. The van der Waals surface area contributed by atoms with Gasteiger partial charge >= 0.3 is 0 Å². The highest BCUT2D eigenvalue weighted by atomic mass is 16.2. The molecule has 0 radical (unpaired) electrons. The van der Waals surface area contributed by atoms with Gasteiger partial charge in [-0.25, -0.2) is 0 Å². The molecule has 0 atom stereocenters. The van der Waals surface area contributed by atoms with Gasteiger partial charge in [0.15, 0.2) is 0 Å². The standard InChI is InChI=1S/C21H20N2O2/c1-15-7-2-5-12-19(15)23-21(25)14-22-20(24)13-17-10-6-9-16-8-3-4-11-18(16)17/h2-12H,13-14H2,1H3,(H,22,24)(H,23,25). The zero-order valence-electron chi connectivity index (χ0n) is 14.1. The van der Waals surface area contributed by atoms with Crippen LogP contribution >= 0.6 is 0 Å². The third-order valence-corrected chi connectivity index (χ3v) is 4.10. The summed E-state index contributed by atoms with van der Waals surface area (Å²) in [5.41, 5.74) is 2.70. The minimum atomic E-state index is -0.236. The number of para-hydroxylation sites is 1. The zero-order chi connectivity index (χ0) is 17.6. The van der Waals surface area contributed by atoms with E-state index in [0.717, 1.165) is 27.6 Å². The van der Waals surface area contributed by atoms with Crippen LogP contribution in [0.1, 0.15) is 11.1 Å². The molecule has 0 spiro atoms. The third-order valence-electron chi connectivity index (χ3n) is 4.10. The number of aryl methyl sites for hydroxylation is 1. The summed E-state index contributed by atoms with van der Waals surface area (Å²) < 4.78 is 0. The van der Waals surface area contributed by atoms with Gasteiger partial charge in [-0.3, -0.25) is 9.59 Å². The summed E-state index contributed by atoms with van der Waals surface area (Å²) in [6.07, 6.45) is 0.249. The number of hydrogen-bond acceptors (Lipinski definition) is 2. The average Bonchev–Trinajstić information content (AvgIpc) is 2.62. The highest BCUT2D eigenvalue weighted by molar-refractivity contribution is 5.96. The molecule has 0 fully saturated rings. The van der Waals surface area contributed by atoms with Crippen LogP contribution in [0.3, 0.4) is 0 Å². The highest BCUT2D eigenvalue weighted by Gasteiger charge is 2.09. The van der Waals surface area contributed by atoms with Crippen LogP contribution in [0.4, 0.5) is 5.69 Å². The van der Waals surface area contributed by atoms with E-state index >= 15 is 0 Å². The summed E-state index contributed by atoms with van der Waals surface area (Å²) in [5, 5.41) is 7.65. The van der Waals surface area contributed by atoms with E-state index in [1.165, 1.54) is 0 Å². The van der Waals surface area contributed by atoms with E-state index in [2.05, 4.69) is 10.6 Å². The van der Waals surface area contributed by atoms with Crippen LogP contribution in [0.15, 0.2) is 66.7 Å². The molecule has 3 aromatic carbocycles. The van der Waals surface area contributed by atoms with Crippen molar-refractivity contribution in [1.82, 2.24) is 5.32 Å². The van der Waals surface area contributed by atoms with Crippen LogP contribution in [0.25, 0.3) is 10.8 Å². The van der Waals surface area contributed by atoms with Crippen molar-refractivity contribution in [2.24, 2.45) is 0 Å². The van der Waals surface area contributed by atoms with Gasteiger partial charge in [0.1, 0.15) is 0 Å². The number of amides is 2. The second-order valence-electron chi connectivity index (χ2n) is 5.95. The fourth-order valence-electron chi connectivity index (χ4n) is 2.77. The summed E-state index contributed by atoms with van der Waals surface area (Å²) >= 11 is 0. The zero-order valence-corrected chi connectivity index (χ0v) is 14.1. The Balaban J connectivity index is 1.57. The van der Waals surface area contributed by atoms with E-state index in [9.17, 15) is 9.59 Å². The van der Waals surface area contributed by atoms with Crippen molar-refractivity contribution >= 4 is 28.3 Å². The molecule has 0 aliphatic carbocycles. The molecule has 0 aromatic heterocycles. The molecule has 4 heteroatoms. The number of anilines is 1. The van der Waals surface area contributed by atoms with Crippen molar-refractivity contribution in [2.45, 2.75) is 13.3 Å². The maximum atomic E-state index is 12.2. The Morgan fingerprint density at radius 3 is 2.40 bits per heavy atom. The number of nitrogens with one attached hydrogen (secondary N) is 2. The molecule has 4 nitrogen and oxygen atoms in total. The topological polar surface area (TPSA) is 58.2 Å². The van der Waals surface area contributed by atoms with Gasteiger partial charge in [0.05, 0.1) is 13.0 Å². The van der Waals surface area contributed by atoms with Gasteiger partial charge in [0.2, 0.25) is 11.8 Å². The Morgan fingerprint density at radius 2 is 1.56 bits per heavy atom. The molecule has 0 saturated heterocycles. The fourth-order valence-corrected chi connectivity index (χ4v) is 2.77. The first-order valence-corrected chi connectivity index (χ1v) is 8.22. The number of carbonyl (C=O) groups is 2. The van der Waals surface area contributed by atoms with Gasteiger partial charge in [0.25, 0.3) is 0 Å². The van der Waals surface area contributed by atoms with E-state index in [4.69, 9.17) is 0 Å². The average molecular weight is 332 g/mol. The predicted molar refractivity (Wildman–Crippen MR) is 100 cm³/mol. The first-order chi connectivity index (χ1) is 12.1. The summed E-state index contributed by atoms with van der Waals surface area (Å²) in [6.45, 7) is 1.88. The Kier molecular flexibility index (Phi) is 5.09. The molecule has 0 saturated carbocycles. The van der Waals surface area contributed by atoms with Crippen molar-refractivity contribution in [3.8, 4) is 0 Å². The minimum Gasteiger partial charge on any atom is -0.347 e. The van der Waals surface area contributed by atoms with Gasteiger partial charge in [-0.2, -0.15) is 0 Å². The summed E-state index contributed by atoms with van der Waals surface area (Å²) in [4.78, 5) is 24.2. The predicted octanol–water partition coefficient (Wildman–Crippen LogP) is 3.45. The quantitative estimate of drug-likeness (QED) is 0.752. The van der Waals surface area contributed by atoms with Crippen molar-refractivity contribution in [2.75, 3.05) is 11.9 Å². The lowest BCUT2D eigenvalue weighted by Crippen LogP contribution is -2.33. The second kappa shape index (κ2) is 7.62. The van der Waals surface area contributed by atoms with Crippen LogP contribution in [0, 0.1) is 6.92 Å². The lowest BCUT2D eigenvalue weighted by Gasteiger charge is -2.10. The molecule has 0 aliphatic heterocycles. The maximum absolute atomic E-state index is 12.2. The highest BCUT2D eigenvalue weighted by Crippen LogP contribution is 2.18. The summed E-state index contributed by atoms with van der Waals surface area (Å²) in [7, 11) is 0. The van der Waals surface area contributed by atoms with Crippen LogP contribution in [-0.4, -0.2) is 18.4 Å². The van der Waals surface area contributed by atoms with Crippen molar-refractivity contribution < 1.29 is 9.59 Å². The molecule has 25 heavy (non-hydrogen) atoms. The normalized spacial score (nSPS) is 10.4. The van der Waals surface area contributed by atoms with Gasteiger partial charge in [-0.15, -0.1) is 0 Å². The molecular weight excluding hydrogens is 312 g/mol. The van der Waals surface area contributed by atoms with E-state index in [-0.39, 0.29) is 24.8 Å². The number of carbonyl (C=O) groups excluding carboxylic acids is 2. The van der Waals surface area contributed by atoms with Gasteiger partial charge in [-0.1, -0.05) is 60.7 Å². The first kappa shape index (κ1) is 16.7. The molecule has 3 rings (SSSR count). The Morgan fingerprint density at radius 1 is 0.840 bits per heavy atom. The fraction of sp³-hybridized carbons (Fsp3) is 0.143. The molecule has 0 heterocycles.